The Morgan fingerprint density at radius 1 is 0.622 bits per heavy atom. The SMILES string of the molecule is Cc1ccc(N(c2ccc(CCCOC(=O)/C=C/C(F)(F)F)cc2)c2ccc(CCCOC(=O)/C=C/C(F)(F)F)cc2)cc1C. The Labute approximate surface area is 257 Å². The highest BCUT2D eigenvalue weighted by Crippen LogP contribution is 2.35. The van der Waals surface area contributed by atoms with Crippen molar-refractivity contribution in [3.63, 3.8) is 0 Å². The zero-order valence-electron chi connectivity index (χ0n) is 24.8. The van der Waals surface area contributed by atoms with E-state index >= 15 is 0 Å². The Morgan fingerprint density at radius 3 is 1.40 bits per heavy atom. The van der Waals surface area contributed by atoms with Crippen molar-refractivity contribution >= 4 is 29.0 Å². The van der Waals surface area contributed by atoms with Crippen LogP contribution in [0.25, 0.3) is 0 Å². The molecular formula is C34H33F6NO4. The largest absolute Gasteiger partial charge is 0.463 e. The number of alkyl halides is 6. The topological polar surface area (TPSA) is 55.8 Å². The van der Waals surface area contributed by atoms with E-state index in [0.717, 1.165) is 39.3 Å². The van der Waals surface area contributed by atoms with Gasteiger partial charge in [-0.25, -0.2) is 9.59 Å². The predicted octanol–water partition coefficient (Wildman–Crippen LogP) is 8.96. The smallest absolute Gasteiger partial charge is 0.410 e. The van der Waals surface area contributed by atoms with Gasteiger partial charge in [-0.3, -0.25) is 0 Å². The Hall–Kier alpha value is -4.54. The number of aryl methyl sites for hydroxylation is 4. The molecule has 0 aliphatic carbocycles. The molecule has 11 heteroatoms. The van der Waals surface area contributed by atoms with Gasteiger partial charge in [0.2, 0.25) is 0 Å². The van der Waals surface area contributed by atoms with Crippen molar-refractivity contribution in [1.29, 1.82) is 0 Å². The van der Waals surface area contributed by atoms with Crippen LogP contribution in [0, 0.1) is 13.8 Å². The van der Waals surface area contributed by atoms with Gasteiger partial charge in [0.15, 0.2) is 0 Å². The lowest BCUT2D eigenvalue weighted by Crippen LogP contribution is -2.11. The fourth-order valence-corrected chi connectivity index (χ4v) is 4.25. The summed E-state index contributed by atoms with van der Waals surface area (Å²) in [6.45, 7) is 4.03. The first-order valence-electron chi connectivity index (χ1n) is 14.1. The van der Waals surface area contributed by atoms with Gasteiger partial charge in [-0.1, -0.05) is 30.3 Å². The molecule has 0 spiro atoms. The summed E-state index contributed by atoms with van der Waals surface area (Å²) < 4.78 is 82.7. The molecule has 3 aromatic rings. The molecule has 0 N–H and O–H groups in total. The van der Waals surface area contributed by atoms with Crippen LogP contribution in [-0.2, 0) is 31.9 Å². The Morgan fingerprint density at radius 2 is 1.02 bits per heavy atom. The Kier molecular flexibility index (Phi) is 12.4. The van der Waals surface area contributed by atoms with E-state index in [1.807, 2.05) is 74.5 Å². The van der Waals surface area contributed by atoms with Crippen molar-refractivity contribution in [3.05, 3.63) is 113 Å². The van der Waals surface area contributed by atoms with Crippen molar-refractivity contribution < 1.29 is 45.4 Å². The molecule has 0 unspecified atom stereocenters. The summed E-state index contributed by atoms with van der Waals surface area (Å²) in [5.74, 6) is -2.09. The standard InChI is InChI=1S/C34H33F6NO4/c1-24-7-12-30(23-25(24)2)41(28-13-8-26(9-14-28)5-3-21-44-31(42)17-19-33(35,36)37)29-15-10-27(11-16-29)6-4-22-45-32(43)18-20-34(38,39)40/h7-20,23H,3-6,21-22H2,1-2H3/b19-17+,20-18+. The van der Waals surface area contributed by atoms with E-state index in [-0.39, 0.29) is 25.4 Å². The molecule has 0 saturated heterocycles. The lowest BCUT2D eigenvalue weighted by Gasteiger charge is -2.26. The number of esters is 2. The van der Waals surface area contributed by atoms with Crippen molar-refractivity contribution in [3.8, 4) is 0 Å². The number of rotatable bonds is 13. The Balaban J connectivity index is 1.64. The molecule has 0 aliphatic heterocycles. The second kappa shape index (κ2) is 16.0. The lowest BCUT2D eigenvalue weighted by atomic mass is 10.1. The van der Waals surface area contributed by atoms with Gasteiger partial charge in [-0.2, -0.15) is 26.3 Å². The Bertz CT molecular complexity index is 1390. The third kappa shape index (κ3) is 12.5. The molecule has 0 aliphatic rings. The first-order chi connectivity index (χ1) is 21.2. The monoisotopic (exact) mass is 633 g/mol. The molecule has 0 bridgehead atoms. The minimum Gasteiger partial charge on any atom is -0.463 e. The molecule has 45 heavy (non-hydrogen) atoms. The van der Waals surface area contributed by atoms with E-state index in [9.17, 15) is 35.9 Å². The zero-order valence-corrected chi connectivity index (χ0v) is 24.8. The number of benzene rings is 3. The van der Waals surface area contributed by atoms with Crippen molar-refractivity contribution in [1.82, 2.24) is 0 Å². The normalized spacial score (nSPS) is 12.1. The number of hydrogen-bond donors (Lipinski definition) is 0. The number of anilines is 3. The van der Waals surface area contributed by atoms with Crippen LogP contribution in [0.3, 0.4) is 0 Å². The summed E-state index contributed by atoms with van der Waals surface area (Å²) in [5.41, 5.74) is 6.90. The first-order valence-corrected chi connectivity index (χ1v) is 14.1. The number of halogens is 6. The van der Waals surface area contributed by atoms with Crippen molar-refractivity contribution in [2.45, 2.75) is 51.9 Å². The van der Waals surface area contributed by atoms with Crippen molar-refractivity contribution in [2.24, 2.45) is 0 Å². The fourth-order valence-electron chi connectivity index (χ4n) is 4.25. The predicted molar refractivity (Wildman–Crippen MR) is 160 cm³/mol. The minimum absolute atomic E-state index is 0.0125. The summed E-state index contributed by atoms with van der Waals surface area (Å²) in [6, 6.07) is 21.7. The number of nitrogens with zero attached hydrogens (tertiary/aromatic N) is 1. The first kappa shape index (κ1) is 34.9. The molecule has 5 nitrogen and oxygen atoms in total. The van der Waals surface area contributed by atoms with Gasteiger partial charge in [0.25, 0.3) is 0 Å². The van der Waals surface area contributed by atoms with Crippen LogP contribution in [0.4, 0.5) is 43.4 Å². The molecule has 0 aromatic heterocycles. The summed E-state index contributed by atoms with van der Waals surface area (Å²) in [7, 11) is 0. The average molecular weight is 634 g/mol. The second-order valence-corrected chi connectivity index (χ2v) is 10.2. The van der Waals surface area contributed by atoms with Crippen LogP contribution in [0.5, 0.6) is 0 Å². The molecule has 0 atom stereocenters. The highest BCUT2D eigenvalue weighted by molar-refractivity contribution is 5.82. The van der Waals surface area contributed by atoms with Gasteiger partial charge in [0.05, 0.1) is 13.2 Å². The molecule has 3 rings (SSSR count). The van der Waals surface area contributed by atoms with Gasteiger partial charge in [0, 0.05) is 41.4 Å². The third-order valence-electron chi connectivity index (χ3n) is 6.66. The molecule has 0 saturated carbocycles. The summed E-state index contributed by atoms with van der Waals surface area (Å²) in [4.78, 5) is 24.9. The highest BCUT2D eigenvalue weighted by Gasteiger charge is 2.23. The molecule has 0 amide bonds. The van der Waals surface area contributed by atoms with E-state index in [2.05, 4.69) is 11.0 Å². The van der Waals surface area contributed by atoms with E-state index < -0.39 is 24.3 Å². The van der Waals surface area contributed by atoms with Gasteiger partial charge in [-0.05, 0) is 98.2 Å². The lowest BCUT2D eigenvalue weighted by molar-refractivity contribution is -0.139. The third-order valence-corrected chi connectivity index (χ3v) is 6.66. The van der Waals surface area contributed by atoms with Crippen LogP contribution in [0.2, 0.25) is 0 Å². The number of carbonyl (C=O) groups is 2. The molecular weight excluding hydrogens is 600 g/mol. The van der Waals surface area contributed by atoms with E-state index in [4.69, 9.17) is 9.47 Å². The summed E-state index contributed by atoms with van der Waals surface area (Å²) in [5, 5.41) is 0. The highest BCUT2D eigenvalue weighted by atomic mass is 19.4. The van der Waals surface area contributed by atoms with Crippen molar-refractivity contribution in [2.75, 3.05) is 18.1 Å². The molecule has 0 radical (unpaired) electrons. The van der Waals surface area contributed by atoms with Crippen LogP contribution in [0.15, 0.2) is 91.0 Å². The maximum Gasteiger partial charge on any atom is 0.410 e. The van der Waals surface area contributed by atoms with Crippen LogP contribution in [0.1, 0.15) is 35.1 Å². The number of hydrogen-bond acceptors (Lipinski definition) is 5. The quantitative estimate of drug-likeness (QED) is 0.0814. The molecule has 0 fully saturated rings. The van der Waals surface area contributed by atoms with Crippen LogP contribution >= 0.6 is 0 Å². The van der Waals surface area contributed by atoms with Gasteiger partial charge in [-0.15, -0.1) is 0 Å². The maximum absolute atomic E-state index is 12.2. The zero-order chi connectivity index (χ0) is 33.0. The molecule has 3 aromatic carbocycles. The number of allylic oxidation sites excluding steroid dienone is 2. The number of ether oxygens (including phenoxy) is 2. The van der Waals surface area contributed by atoms with Gasteiger partial charge in [0.1, 0.15) is 0 Å². The van der Waals surface area contributed by atoms with Gasteiger partial charge < -0.3 is 14.4 Å². The van der Waals surface area contributed by atoms with E-state index in [1.165, 1.54) is 0 Å². The number of carbonyl (C=O) groups excluding carboxylic acids is 2. The maximum atomic E-state index is 12.2. The van der Waals surface area contributed by atoms with E-state index in [0.29, 0.717) is 37.8 Å². The molecule has 240 valence electrons. The fraction of sp³-hybridized carbons (Fsp3) is 0.294. The van der Waals surface area contributed by atoms with Crippen LogP contribution < -0.4 is 4.90 Å². The summed E-state index contributed by atoms with van der Waals surface area (Å²) >= 11 is 0. The second-order valence-electron chi connectivity index (χ2n) is 10.2. The van der Waals surface area contributed by atoms with E-state index in [1.54, 1.807) is 0 Å². The average Bonchev–Trinajstić information content (AvgIpc) is 2.98. The van der Waals surface area contributed by atoms with Gasteiger partial charge >= 0.3 is 24.3 Å². The minimum atomic E-state index is -4.57. The molecule has 0 heterocycles. The summed E-state index contributed by atoms with van der Waals surface area (Å²) in [6.07, 6.45) is -6.73. The van der Waals surface area contributed by atoms with Crippen LogP contribution in [-0.4, -0.2) is 37.5 Å².